The maximum Gasteiger partial charge on any atom is 0.180 e. The summed E-state index contributed by atoms with van der Waals surface area (Å²) in [5.74, 6) is 1.03. The number of nitrogens with zero attached hydrogens (tertiary/aromatic N) is 5. The van der Waals surface area contributed by atoms with Gasteiger partial charge in [-0.15, -0.1) is 0 Å². The molecule has 6 rings (SSSR count). The van der Waals surface area contributed by atoms with E-state index in [0.717, 1.165) is 41.2 Å². The van der Waals surface area contributed by atoms with Gasteiger partial charge in [-0.1, -0.05) is 25.3 Å². The van der Waals surface area contributed by atoms with Crippen LogP contribution in [0.3, 0.4) is 0 Å². The van der Waals surface area contributed by atoms with Gasteiger partial charge in [-0.25, -0.2) is 15.0 Å². The van der Waals surface area contributed by atoms with Crippen molar-refractivity contribution in [2.45, 2.75) is 51.0 Å². The van der Waals surface area contributed by atoms with Crippen LogP contribution in [0.4, 0.5) is 5.82 Å². The molecule has 4 aromatic rings. The summed E-state index contributed by atoms with van der Waals surface area (Å²) < 4.78 is 2.40. The fourth-order valence-corrected chi connectivity index (χ4v) is 5.10. The molecule has 6 nitrogen and oxygen atoms in total. The molecule has 1 aliphatic heterocycles. The Balaban J connectivity index is 1.44. The fraction of sp³-hybridized carbons (Fsp3) is 0.435. The minimum absolute atomic E-state index is 0.599. The number of hydrogen-bond acceptors (Lipinski definition) is 4. The second kappa shape index (κ2) is 6.87. The van der Waals surface area contributed by atoms with Gasteiger partial charge >= 0.3 is 0 Å². The van der Waals surface area contributed by atoms with Crippen LogP contribution in [0.2, 0.25) is 0 Å². The van der Waals surface area contributed by atoms with Crippen molar-refractivity contribution < 1.29 is 0 Å². The minimum Gasteiger partial charge on any atom is -0.357 e. The zero-order valence-corrected chi connectivity index (χ0v) is 16.6. The van der Waals surface area contributed by atoms with Gasteiger partial charge in [-0.2, -0.15) is 0 Å². The lowest BCUT2D eigenvalue weighted by atomic mass is 9.95. The minimum atomic E-state index is 0.599. The standard InChI is InChI=1S/C23H26N6/c1-2-6-17(7-3-1)29-15-26-19-12-16(8-9-20(19)29)18-13-21(28-10-4-5-11-28)27-23-22(18)24-14-25-23/h8-9,12-15,17H,1-7,10-11H2,(H,24,25,27). The van der Waals surface area contributed by atoms with E-state index < -0.39 is 0 Å². The van der Waals surface area contributed by atoms with Crippen LogP contribution in [0.5, 0.6) is 0 Å². The number of fused-ring (bicyclic) bond motifs is 2. The summed E-state index contributed by atoms with van der Waals surface area (Å²) in [4.78, 5) is 19.7. The SMILES string of the molecule is c1nc2nc(N3CCCC3)cc(-c3ccc4c(c3)ncn4C3CCCCC3)c2[nH]1. The van der Waals surface area contributed by atoms with Crippen LogP contribution in [-0.4, -0.2) is 37.6 Å². The van der Waals surface area contributed by atoms with Gasteiger partial charge in [0.1, 0.15) is 5.82 Å². The molecule has 1 aromatic carbocycles. The second-order valence-corrected chi connectivity index (χ2v) is 8.47. The normalized spacial score (nSPS) is 18.3. The third-order valence-corrected chi connectivity index (χ3v) is 6.67. The van der Waals surface area contributed by atoms with Crippen LogP contribution in [0.25, 0.3) is 33.3 Å². The van der Waals surface area contributed by atoms with E-state index in [2.05, 4.69) is 43.7 Å². The molecule has 0 unspecified atom stereocenters. The third-order valence-electron chi connectivity index (χ3n) is 6.67. The van der Waals surface area contributed by atoms with E-state index >= 15 is 0 Å². The number of anilines is 1. The second-order valence-electron chi connectivity index (χ2n) is 8.47. The van der Waals surface area contributed by atoms with Gasteiger partial charge in [0.05, 0.1) is 29.2 Å². The van der Waals surface area contributed by atoms with E-state index in [-0.39, 0.29) is 0 Å². The molecule has 0 spiro atoms. The van der Waals surface area contributed by atoms with E-state index in [9.17, 15) is 0 Å². The van der Waals surface area contributed by atoms with Crippen molar-refractivity contribution in [1.29, 1.82) is 0 Å². The van der Waals surface area contributed by atoms with Crippen LogP contribution in [0.15, 0.2) is 36.9 Å². The van der Waals surface area contributed by atoms with Gasteiger partial charge in [-0.05, 0) is 49.4 Å². The number of imidazole rings is 2. The smallest absolute Gasteiger partial charge is 0.180 e. The van der Waals surface area contributed by atoms with Gasteiger partial charge in [-0.3, -0.25) is 0 Å². The predicted octanol–water partition coefficient (Wildman–Crippen LogP) is 5.08. The highest BCUT2D eigenvalue weighted by molar-refractivity contribution is 5.94. The van der Waals surface area contributed by atoms with Crippen molar-refractivity contribution in [3.63, 3.8) is 0 Å². The number of hydrogen-bond donors (Lipinski definition) is 1. The molecule has 1 N–H and O–H groups in total. The Morgan fingerprint density at radius 2 is 1.79 bits per heavy atom. The Hall–Kier alpha value is -2.89. The number of rotatable bonds is 3. The Morgan fingerprint density at radius 1 is 0.931 bits per heavy atom. The molecule has 1 aliphatic carbocycles. The van der Waals surface area contributed by atoms with Crippen molar-refractivity contribution in [3.05, 3.63) is 36.9 Å². The molecule has 2 fully saturated rings. The van der Waals surface area contributed by atoms with Crippen molar-refractivity contribution in [2.75, 3.05) is 18.0 Å². The molecular formula is C23H26N6. The zero-order valence-electron chi connectivity index (χ0n) is 16.6. The van der Waals surface area contributed by atoms with Gasteiger partial charge in [0.2, 0.25) is 0 Å². The molecule has 6 heteroatoms. The Kier molecular flexibility index (Phi) is 4.03. The Morgan fingerprint density at radius 3 is 2.66 bits per heavy atom. The van der Waals surface area contributed by atoms with Gasteiger partial charge in [0.15, 0.2) is 5.65 Å². The molecule has 3 aromatic heterocycles. The first-order chi connectivity index (χ1) is 14.4. The highest BCUT2D eigenvalue weighted by atomic mass is 15.2. The number of nitrogens with one attached hydrogen (secondary N) is 1. The Bertz CT molecular complexity index is 1160. The third kappa shape index (κ3) is 2.89. The number of pyridine rings is 1. The van der Waals surface area contributed by atoms with Gasteiger partial charge in [0.25, 0.3) is 0 Å². The topological polar surface area (TPSA) is 62.6 Å². The summed E-state index contributed by atoms with van der Waals surface area (Å²) in [6.45, 7) is 2.15. The lowest BCUT2D eigenvalue weighted by Gasteiger charge is -2.23. The highest BCUT2D eigenvalue weighted by Crippen LogP contribution is 2.35. The average Bonchev–Trinajstić information content (AvgIpc) is 3.53. The summed E-state index contributed by atoms with van der Waals surface area (Å²) in [5, 5.41) is 0. The fourth-order valence-electron chi connectivity index (χ4n) is 5.10. The predicted molar refractivity (Wildman–Crippen MR) is 116 cm³/mol. The summed E-state index contributed by atoms with van der Waals surface area (Å²) in [7, 11) is 0. The summed E-state index contributed by atoms with van der Waals surface area (Å²) in [5.41, 5.74) is 6.43. The molecule has 0 atom stereocenters. The molecule has 2 aliphatic rings. The molecule has 0 amide bonds. The zero-order chi connectivity index (χ0) is 19.2. The molecule has 29 heavy (non-hydrogen) atoms. The first-order valence-electron chi connectivity index (χ1n) is 10.9. The largest absolute Gasteiger partial charge is 0.357 e. The maximum atomic E-state index is 4.79. The van der Waals surface area contributed by atoms with Crippen molar-refractivity contribution in [1.82, 2.24) is 24.5 Å². The molecule has 0 radical (unpaired) electrons. The van der Waals surface area contributed by atoms with E-state index in [1.54, 1.807) is 6.33 Å². The number of H-pyrrole nitrogens is 1. The molecule has 1 saturated heterocycles. The lowest BCUT2D eigenvalue weighted by Crippen LogP contribution is -2.19. The quantitative estimate of drug-likeness (QED) is 0.533. The lowest BCUT2D eigenvalue weighted by molar-refractivity contribution is 0.359. The van der Waals surface area contributed by atoms with Crippen molar-refractivity contribution in [2.24, 2.45) is 0 Å². The van der Waals surface area contributed by atoms with Crippen molar-refractivity contribution >= 4 is 28.0 Å². The van der Waals surface area contributed by atoms with Crippen LogP contribution < -0.4 is 4.90 Å². The summed E-state index contributed by atoms with van der Waals surface area (Å²) in [6.07, 6.45) is 12.8. The molecule has 0 bridgehead atoms. The van der Waals surface area contributed by atoms with E-state index in [1.165, 1.54) is 56.0 Å². The van der Waals surface area contributed by atoms with E-state index in [1.807, 2.05) is 6.33 Å². The van der Waals surface area contributed by atoms with Crippen molar-refractivity contribution in [3.8, 4) is 11.1 Å². The van der Waals surface area contributed by atoms with Gasteiger partial charge < -0.3 is 14.5 Å². The number of aromatic nitrogens is 5. The number of benzene rings is 1. The average molecular weight is 387 g/mol. The molecular weight excluding hydrogens is 360 g/mol. The van der Waals surface area contributed by atoms with Crippen LogP contribution >= 0.6 is 0 Å². The van der Waals surface area contributed by atoms with Crippen LogP contribution in [0, 0.1) is 0 Å². The number of aromatic amines is 1. The maximum absolute atomic E-state index is 4.79. The summed E-state index contributed by atoms with van der Waals surface area (Å²) in [6, 6.07) is 9.50. The first kappa shape index (κ1) is 17.0. The summed E-state index contributed by atoms with van der Waals surface area (Å²) >= 11 is 0. The van der Waals surface area contributed by atoms with Gasteiger partial charge in [0, 0.05) is 24.7 Å². The first-order valence-corrected chi connectivity index (χ1v) is 10.9. The Labute approximate surface area is 170 Å². The molecule has 148 valence electrons. The highest BCUT2D eigenvalue weighted by Gasteiger charge is 2.20. The van der Waals surface area contributed by atoms with Crippen LogP contribution in [0.1, 0.15) is 51.0 Å². The molecule has 1 saturated carbocycles. The van der Waals surface area contributed by atoms with Crippen LogP contribution in [-0.2, 0) is 0 Å². The monoisotopic (exact) mass is 386 g/mol. The van der Waals surface area contributed by atoms with E-state index in [0.29, 0.717) is 6.04 Å². The molecule has 4 heterocycles. The van der Waals surface area contributed by atoms with E-state index in [4.69, 9.17) is 9.97 Å².